The number of nitrogens with zero attached hydrogens (tertiary/aromatic N) is 2. The Morgan fingerprint density at radius 1 is 1.38 bits per heavy atom. The molecule has 0 saturated carbocycles. The quantitative estimate of drug-likeness (QED) is 0.472. The highest BCUT2D eigenvalue weighted by molar-refractivity contribution is 5.94. The first-order valence-electron chi connectivity index (χ1n) is 8.32. The Balaban J connectivity index is 2.30. The summed E-state index contributed by atoms with van der Waals surface area (Å²) in [6.45, 7) is 7.88. The number of aliphatic imine (C=N–C) groups is 1. The summed E-state index contributed by atoms with van der Waals surface area (Å²) in [6, 6.07) is 3.56. The van der Waals surface area contributed by atoms with Crippen molar-refractivity contribution in [1.82, 2.24) is 15.6 Å². The fraction of sp³-hybridized carbons (Fsp3) is 0.588. The van der Waals surface area contributed by atoms with E-state index in [9.17, 15) is 4.79 Å². The van der Waals surface area contributed by atoms with Crippen molar-refractivity contribution in [2.24, 2.45) is 10.9 Å². The Morgan fingerprint density at radius 3 is 2.75 bits per heavy atom. The molecule has 0 fully saturated rings. The first-order chi connectivity index (χ1) is 11.6. The average Bonchev–Trinajstić information content (AvgIpc) is 2.57. The van der Waals surface area contributed by atoms with E-state index in [0.717, 1.165) is 13.0 Å². The Kier molecular flexibility index (Phi) is 9.45. The Labute approximate surface area is 144 Å². The van der Waals surface area contributed by atoms with Crippen molar-refractivity contribution in [3.05, 3.63) is 24.5 Å². The molecule has 3 N–H and O–H groups in total. The van der Waals surface area contributed by atoms with Gasteiger partial charge in [-0.15, -0.1) is 0 Å². The second-order valence-electron chi connectivity index (χ2n) is 5.67. The lowest BCUT2D eigenvalue weighted by Crippen LogP contribution is -2.42. The van der Waals surface area contributed by atoms with Gasteiger partial charge in [-0.25, -0.2) is 0 Å². The van der Waals surface area contributed by atoms with E-state index >= 15 is 0 Å². The summed E-state index contributed by atoms with van der Waals surface area (Å²) in [6.07, 6.45) is 4.36. The van der Waals surface area contributed by atoms with Gasteiger partial charge in [-0.3, -0.25) is 14.8 Å². The number of hydrogen-bond acceptors (Lipinski definition) is 4. The van der Waals surface area contributed by atoms with E-state index < -0.39 is 0 Å². The molecule has 1 aromatic heterocycles. The Morgan fingerprint density at radius 2 is 2.17 bits per heavy atom. The van der Waals surface area contributed by atoms with Gasteiger partial charge in [0.1, 0.15) is 0 Å². The van der Waals surface area contributed by atoms with E-state index in [-0.39, 0.29) is 18.6 Å². The van der Waals surface area contributed by atoms with Crippen LogP contribution in [0.1, 0.15) is 27.2 Å². The fourth-order valence-electron chi connectivity index (χ4n) is 2.18. The molecule has 1 amide bonds. The van der Waals surface area contributed by atoms with Crippen LogP contribution < -0.4 is 16.0 Å². The van der Waals surface area contributed by atoms with Crippen LogP contribution in [-0.4, -0.2) is 49.7 Å². The van der Waals surface area contributed by atoms with Crippen molar-refractivity contribution < 1.29 is 9.53 Å². The van der Waals surface area contributed by atoms with Crippen LogP contribution in [0.5, 0.6) is 0 Å². The van der Waals surface area contributed by atoms with Gasteiger partial charge in [-0.2, -0.15) is 0 Å². The van der Waals surface area contributed by atoms with Gasteiger partial charge in [0, 0.05) is 26.4 Å². The highest BCUT2D eigenvalue weighted by atomic mass is 16.5. The highest BCUT2D eigenvalue weighted by Gasteiger charge is 2.13. The number of hydrogen-bond donors (Lipinski definition) is 3. The van der Waals surface area contributed by atoms with Gasteiger partial charge in [0.2, 0.25) is 5.91 Å². The molecule has 0 aliphatic heterocycles. The van der Waals surface area contributed by atoms with Crippen molar-refractivity contribution >= 4 is 17.6 Å². The zero-order chi connectivity index (χ0) is 17.8. The van der Waals surface area contributed by atoms with Crippen LogP contribution >= 0.6 is 0 Å². The van der Waals surface area contributed by atoms with Crippen molar-refractivity contribution in [3.63, 3.8) is 0 Å². The third-order valence-electron chi connectivity index (χ3n) is 3.43. The number of amides is 1. The first-order valence-corrected chi connectivity index (χ1v) is 8.32. The number of carbonyl (C=O) groups is 1. The molecule has 0 radical (unpaired) electrons. The van der Waals surface area contributed by atoms with Crippen molar-refractivity contribution in [2.45, 2.75) is 33.3 Å². The number of rotatable bonds is 9. The van der Waals surface area contributed by atoms with Crippen LogP contribution in [0.3, 0.4) is 0 Å². The maximum atomic E-state index is 11.9. The molecular formula is C17H29N5O2. The lowest BCUT2D eigenvalue weighted by molar-refractivity contribution is -0.115. The van der Waals surface area contributed by atoms with E-state index in [4.69, 9.17) is 4.74 Å². The summed E-state index contributed by atoms with van der Waals surface area (Å²) in [5.41, 5.74) is 0.670. The molecule has 1 heterocycles. The number of nitrogens with one attached hydrogen (secondary N) is 3. The fourth-order valence-corrected chi connectivity index (χ4v) is 2.18. The second-order valence-corrected chi connectivity index (χ2v) is 5.67. The molecule has 1 rings (SSSR count). The predicted molar refractivity (Wildman–Crippen MR) is 97.1 cm³/mol. The molecule has 1 unspecified atom stereocenters. The molecule has 1 atom stereocenters. The molecule has 0 aliphatic carbocycles. The largest absolute Gasteiger partial charge is 0.378 e. The zero-order valence-electron chi connectivity index (χ0n) is 15.0. The van der Waals surface area contributed by atoms with Crippen LogP contribution in [-0.2, 0) is 9.53 Å². The predicted octanol–water partition coefficient (Wildman–Crippen LogP) is 1.64. The molecule has 0 saturated heterocycles. The maximum Gasteiger partial charge on any atom is 0.243 e. The summed E-state index contributed by atoms with van der Waals surface area (Å²) in [5.74, 6) is 0.905. The smallest absolute Gasteiger partial charge is 0.243 e. The normalized spacial score (nSPS) is 12.8. The van der Waals surface area contributed by atoms with E-state index in [1.165, 1.54) is 0 Å². The molecule has 7 nitrogen and oxygen atoms in total. The summed E-state index contributed by atoms with van der Waals surface area (Å²) in [7, 11) is 1.68. The third-order valence-corrected chi connectivity index (χ3v) is 3.43. The van der Waals surface area contributed by atoms with Gasteiger partial charge < -0.3 is 20.7 Å². The number of pyridine rings is 1. The SMILES string of the molecule is CCOC(CCNC(=NC)NCC(=O)Nc1cccnc1)C(C)C. The summed E-state index contributed by atoms with van der Waals surface area (Å²) < 4.78 is 5.71. The van der Waals surface area contributed by atoms with Gasteiger partial charge >= 0.3 is 0 Å². The van der Waals surface area contributed by atoms with Crippen molar-refractivity contribution in [2.75, 3.05) is 32.1 Å². The van der Waals surface area contributed by atoms with Gasteiger partial charge in [-0.05, 0) is 31.4 Å². The van der Waals surface area contributed by atoms with E-state index in [1.54, 1.807) is 31.6 Å². The Hall–Kier alpha value is -2.15. The number of ether oxygens (including phenoxy) is 1. The molecule has 0 spiro atoms. The molecule has 7 heteroatoms. The van der Waals surface area contributed by atoms with Crippen LogP contribution in [0.2, 0.25) is 0 Å². The third kappa shape index (κ3) is 7.92. The zero-order valence-corrected chi connectivity index (χ0v) is 15.0. The van der Waals surface area contributed by atoms with Crippen LogP contribution in [0.25, 0.3) is 0 Å². The molecule has 0 aromatic carbocycles. The van der Waals surface area contributed by atoms with E-state index in [2.05, 4.69) is 39.8 Å². The van der Waals surface area contributed by atoms with Gasteiger partial charge in [0.15, 0.2) is 5.96 Å². The number of aromatic nitrogens is 1. The minimum Gasteiger partial charge on any atom is -0.378 e. The molecule has 0 aliphatic rings. The van der Waals surface area contributed by atoms with Gasteiger partial charge in [0.25, 0.3) is 0 Å². The average molecular weight is 335 g/mol. The second kappa shape index (κ2) is 11.4. The topological polar surface area (TPSA) is 87.6 Å². The highest BCUT2D eigenvalue weighted by Crippen LogP contribution is 2.09. The van der Waals surface area contributed by atoms with E-state index in [0.29, 0.717) is 24.2 Å². The lowest BCUT2D eigenvalue weighted by Gasteiger charge is -2.21. The maximum absolute atomic E-state index is 11.9. The summed E-state index contributed by atoms with van der Waals surface area (Å²) in [4.78, 5) is 20.0. The molecule has 24 heavy (non-hydrogen) atoms. The van der Waals surface area contributed by atoms with Gasteiger partial charge in [0.05, 0.1) is 24.5 Å². The van der Waals surface area contributed by atoms with Crippen LogP contribution in [0.15, 0.2) is 29.5 Å². The monoisotopic (exact) mass is 335 g/mol. The molecule has 0 bridgehead atoms. The summed E-state index contributed by atoms with van der Waals surface area (Å²) in [5, 5.41) is 8.95. The lowest BCUT2D eigenvalue weighted by atomic mass is 10.0. The standard InChI is InChI=1S/C17H29N5O2/c1-5-24-15(13(2)3)8-10-20-17(18-4)21-12-16(23)22-14-7-6-9-19-11-14/h6-7,9,11,13,15H,5,8,10,12H2,1-4H3,(H,22,23)(H2,18,20,21). The minimum atomic E-state index is -0.152. The molecule has 134 valence electrons. The summed E-state index contributed by atoms with van der Waals surface area (Å²) >= 11 is 0. The van der Waals surface area contributed by atoms with E-state index in [1.807, 2.05) is 6.92 Å². The minimum absolute atomic E-state index is 0.133. The molecular weight excluding hydrogens is 306 g/mol. The van der Waals surface area contributed by atoms with Crippen molar-refractivity contribution in [1.29, 1.82) is 0 Å². The van der Waals surface area contributed by atoms with Crippen molar-refractivity contribution in [3.8, 4) is 0 Å². The number of guanidine groups is 1. The van der Waals surface area contributed by atoms with Gasteiger partial charge in [-0.1, -0.05) is 13.8 Å². The Bertz CT molecular complexity index is 505. The molecule has 1 aromatic rings. The number of carbonyl (C=O) groups excluding carboxylic acids is 1. The first kappa shape index (κ1) is 19.9. The number of anilines is 1. The van der Waals surface area contributed by atoms with Crippen LogP contribution in [0.4, 0.5) is 5.69 Å². The van der Waals surface area contributed by atoms with Crippen LogP contribution in [0, 0.1) is 5.92 Å².